The average molecular weight is 277 g/mol. The summed E-state index contributed by atoms with van der Waals surface area (Å²) in [6.45, 7) is 7.62. The van der Waals surface area contributed by atoms with Crippen molar-refractivity contribution in [3.63, 3.8) is 0 Å². The lowest BCUT2D eigenvalue weighted by atomic mass is 10.1. The topological polar surface area (TPSA) is 70.2 Å². The van der Waals surface area contributed by atoms with Gasteiger partial charge in [-0.25, -0.2) is 4.79 Å². The molecule has 0 saturated carbocycles. The normalized spacial score (nSPS) is 12.6. The second kappa shape index (κ2) is 7.05. The summed E-state index contributed by atoms with van der Waals surface area (Å²) in [6, 6.07) is 9.39. The van der Waals surface area contributed by atoms with Crippen LogP contribution in [0.25, 0.3) is 0 Å². The SMILES string of the molecule is C[C@H](NCC(=O)NC(=O)NC(C)(C)C)c1ccccc1. The molecule has 0 radical (unpaired) electrons. The van der Waals surface area contributed by atoms with Crippen molar-refractivity contribution in [1.29, 1.82) is 0 Å². The fourth-order valence-corrected chi connectivity index (χ4v) is 1.65. The maximum atomic E-state index is 11.6. The second-order valence-electron chi connectivity index (χ2n) is 5.77. The molecule has 0 heterocycles. The Kier molecular flexibility index (Phi) is 5.70. The first-order valence-electron chi connectivity index (χ1n) is 6.68. The van der Waals surface area contributed by atoms with E-state index in [1.54, 1.807) is 0 Å². The first-order chi connectivity index (χ1) is 9.28. The third kappa shape index (κ3) is 6.33. The van der Waals surface area contributed by atoms with E-state index in [0.29, 0.717) is 0 Å². The quantitative estimate of drug-likeness (QED) is 0.788. The highest BCUT2D eigenvalue weighted by Crippen LogP contribution is 2.10. The molecule has 20 heavy (non-hydrogen) atoms. The Labute approximate surface area is 120 Å². The summed E-state index contributed by atoms with van der Waals surface area (Å²) in [5, 5.41) is 8.04. The molecule has 1 aromatic carbocycles. The molecule has 0 aliphatic heterocycles. The van der Waals surface area contributed by atoms with Gasteiger partial charge in [0.1, 0.15) is 0 Å². The van der Waals surface area contributed by atoms with Crippen LogP contribution in [-0.4, -0.2) is 24.0 Å². The molecule has 0 aliphatic carbocycles. The van der Waals surface area contributed by atoms with Crippen LogP contribution in [0.15, 0.2) is 30.3 Å². The molecule has 0 spiro atoms. The zero-order valence-corrected chi connectivity index (χ0v) is 12.5. The number of nitrogens with one attached hydrogen (secondary N) is 3. The highest BCUT2D eigenvalue weighted by atomic mass is 16.2. The van der Waals surface area contributed by atoms with Gasteiger partial charge in [0.25, 0.3) is 0 Å². The largest absolute Gasteiger partial charge is 0.333 e. The maximum Gasteiger partial charge on any atom is 0.321 e. The molecule has 5 nitrogen and oxygen atoms in total. The van der Waals surface area contributed by atoms with E-state index in [1.807, 2.05) is 58.0 Å². The van der Waals surface area contributed by atoms with E-state index in [9.17, 15) is 9.59 Å². The Balaban J connectivity index is 2.35. The Morgan fingerprint density at radius 3 is 2.30 bits per heavy atom. The van der Waals surface area contributed by atoms with Crippen molar-refractivity contribution in [2.75, 3.05) is 6.54 Å². The lowest BCUT2D eigenvalue weighted by Gasteiger charge is -2.20. The molecule has 1 aromatic rings. The molecular weight excluding hydrogens is 254 g/mol. The van der Waals surface area contributed by atoms with Gasteiger partial charge < -0.3 is 10.6 Å². The van der Waals surface area contributed by atoms with Gasteiger partial charge in [-0.2, -0.15) is 0 Å². The third-order valence-corrected chi connectivity index (χ3v) is 2.61. The number of rotatable bonds is 4. The van der Waals surface area contributed by atoms with Crippen molar-refractivity contribution in [1.82, 2.24) is 16.0 Å². The van der Waals surface area contributed by atoms with Crippen LogP contribution in [-0.2, 0) is 4.79 Å². The molecule has 0 bridgehead atoms. The number of benzene rings is 1. The van der Waals surface area contributed by atoms with E-state index in [1.165, 1.54) is 0 Å². The molecule has 110 valence electrons. The van der Waals surface area contributed by atoms with Crippen molar-refractivity contribution in [3.05, 3.63) is 35.9 Å². The van der Waals surface area contributed by atoms with Crippen LogP contribution >= 0.6 is 0 Å². The highest BCUT2D eigenvalue weighted by molar-refractivity contribution is 5.95. The monoisotopic (exact) mass is 277 g/mol. The minimum Gasteiger partial charge on any atom is -0.333 e. The minimum atomic E-state index is -0.475. The van der Waals surface area contributed by atoms with Gasteiger partial charge in [-0.15, -0.1) is 0 Å². The van der Waals surface area contributed by atoms with Crippen LogP contribution < -0.4 is 16.0 Å². The van der Waals surface area contributed by atoms with Crippen molar-refractivity contribution in [2.24, 2.45) is 0 Å². The lowest BCUT2D eigenvalue weighted by Crippen LogP contribution is -2.50. The van der Waals surface area contributed by atoms with E-state index in [0.717, 1.165) is 5.56 Å². The number of urea groups is 1. The summed E-state index contributed by atoms with van der Waals surface area (Å²) >= 11 is 0. The predicted molar refractivity (Wildman–Crippen MR) is 79.3 cm³/mol. The van der Waals surface area contributed by atoms with Gasteiger partial charge in [-0.3, -0.25) is 10.1 Å². The minimum absolute atomic E-state index is 0.0487. The third-order valence-electron chi connectivity index (χ3n) is 2.61. The average Bonchev–Trinajstić information content (AvgIpc) is 2.34. The fraction of sp³-hybridized carbons (Fsp3) is 0.467. The van der Waals surface area contributed by atoms with Crippen molar-refractivity contribution in [2.45, 2.75) is 39.3 Å². The Morgan fingerprint density at radius 2 is 1.75 bits per heavy atom. The summed E-state index contributed by atoms with van der Waals surface area (Å²) in [5.41, 5.74) is 0.731. The maximum absolute atomic E-state index is 11.6. The molecule has 5 heteroatoms. The number of carbonyl (C=O) groups is 2. The summed E-state index contributed by atoms with van der Waals surface area (Å²) in [5.74, 6) is -0.352. The molecule has 0 unspecified atom stereocenters. The van der Waals surface area contributed by atoms with Crippen LogP contribution in [0.2, 0.25) is 0 Å². The van der Waals surface area contributed by atoms with Gasteiger partial charge in [0.2, 0.25) is 5.91 Å². The first kappa shape index (κ1) is 16.2. The van der Waals surface area contributed by atoms with E-state index in [-0.39, 0.29) is 24.0 Å². The van der Waals surface area contributed by atoms with Crippen molar-refractivity contribution >= 4 is 11.9 Å². The van der Waals surface area contributed by atoms with Gasteiger partial charge >= 0.3 is 6.03 Å². The molecule has 0 aromatic heterocycles. The standard InChI is InChI=1S/C15H23N3O2/c1-11(12-8-6-5-7-9-12)16-10-13(19)17-14(20)18-15(2,3)4/h5-9,11,16H,10H2,1-4H3,(H2,17,18,19,20)/t11-/m0/s1. The Hall–Kier alpha value is -1.88. The van der Waals surface area contributed by atoms with E-state index in [4.69, 9.17) is 0 Å². The predicted octanol–water partition coefficient (Wildman–Crippen LogP) is 1.96. The van der Waals surface area contributed by atoms with Gasteiger partial charge in [0, 0.05) is 11.6 Å². The van der Waals surface area contributed by atoms with Gasteiger partial charge in [0.05, 0.1) is 6.54 Å². The Bertz CT molecular complexity index is 452. The highest BCUT2D eigenvalue weighted by Gasteiger charge is 2.15. The lowest BCUT2D eigenvalue weighted by molar-refractivity contribution is -0.119. The van der Waals surface area contributed by atoms with E-state index < -0.39 is 6.03 Å². The summed E-state index contributed by atoms with van der Waals surface area (Å²) in [4.78, 5) is 23.2. The summed E-state index contributed by atoms with van der Waals surface area (Å²) < 4.78 is 0. The number of hydrogen-bond donors (Lipinski definition) is 3. The van der Waals surface area contributed by atoms with E-state index >= 15 is 0 Å². The van der Waals surface area contributed by atoms with Crippen LogP contribution in [0.5, 0.6) is 0 Å². The molecule has 0 aliphatic rings. The van der Waals surface area contributed by atoms with Crippen LogP contribution in [0.3, 0.4) is 0 Å². The van der Waals surface area contributed by atoms with E-state index in [2.05, 4.69) is 16.0 Å². The number of carbonyl (C=O) groups excluding carboxylic acids is 2. The molecule has 3 N–H and O–H groups in total. The van der Waals surface area contributed by atoms with Crippen molar-refractivity contribution < 1.29 is 9.59 Å². The molecule has 3 amide bonds. The zero-order chi connectivity index (χ0) is 15.2. The number of hydrogen-bond acceptors (Lipinski definition) is 3. The smallest absolute Gasteiger partial charge is 0.321 e. The molecule has 0 saturated heterocycles. The summed E-state index contributed by atoms with van der Waals surface area (Å²) in [7, 11) is 0. The van der Waals surface area contributed by atoms with Crippen LogP contribution in [0.4, 0.5) is 4.79 Å². The van der Waals surface area contributed by atoms with Gasteiger partial charge in [0.15, 0.2) is 0 Å². The number of amides is 3. The molecular formula is C15H23N3O2. The molecule has 0 fully saturated rings. The fourth-order valence-electron chi connectivity index (χ4n) is 1.65. The van der Waals surface area contributed by atoms with Crippen molar-refractivity contribution in [3.8, 4) is 0 Å². The van der Waals surface area contributed by atoms with Crippen LogP contribution in [0, 0.1) is 0 Å². The van der Waals surface area contributed by atoms with Crippen LogP contribution in [0.1, 0.15) is 39.3 Å². The second-order valence-corrected chi connectivity index (χ2v) is 5.77. The Morgan fingerprint density at radius 1 is 1.15 bits per heavy atom. The zero-order valence-electron chi connectivity index (χ0n) is 12.5. The van der Waals surface area contributed by atoms with Gasteiger partial charge in [-0.1, -0.05) is 30.3 Å². The first-order valence-corrected chi connectivity index (χ1v) is 6.68. The summed E-state index contributed by atoms with van der Waals surface area (Å²) in [6.07, 6.45) is 0. The molecule has 1 atom stereocenters. The molecule has 1 rings (SSSR count). The number of imide groups is 1. The van der Waals surface area contributed by atoms with Gasteiger partial charge in [-0.05, 0) is 33.3 Å².